The summed E-state index contributed by atoms with van der Waals surface area (Å²) in [6.45, 7) is 6.29. The zero-order valence-electron chi connectivity index (χ0n) is 22.1. The van der Waals surface area contributed by atoms with Crippen LogP contribution in [-0.2, 0) is 16.8 Å². The Bertz CT molecular complexity index is 1560. The number of halogens is 1. The van der Waals surface area contributed by atoms with Gasteiger partial charge in [-0.1, -0.05) is 39.0 Å². The van der Waals surface area contributed by atoms with Gasteiger partial charge in [0.15, 0.2) is 23.1 Å². The molecule has 0 aliphatic rings. The average molecular weight is 542 g/mol. The van der Waals surface area contributed by atoms with E-state index in [4.69, 9.17) is 11.5 Å². The smallest absolute Gasteiger partial charge is 0.303 e. The van der Waals surface area contributed by atoms with Gasteiger partial charge in [-0.15, -0.1) is 0 Å². The number of hydrogen-bond acceptors (Lipinski definition) is 8. The fourth-order valence-electron chi connectivity index (χ4n) is 3.90. The number of hydrogen-bond donors (Lipinski definition) is 2. The van der Waals surface area contributed by atoms with E-state index >= 15 is 0 Å². The first kappa shape index (κ1) is 27.2. The standard InChI is InChI=1S/C25H32FN9O2S/c1-25(2,3)12-14-35(38(36,37)33(4)5)20-21(27)30-23(31-22(20)28)19-17-10-8-13-29-24(17)34(32-19)15-16-9-6-7-11-18(16)26/h6-11,13H,12,14-15H2,1-5H3,(H4,27,28,30,31). The van der Waals surface area contributed by atoms with Crippen molar-refractivity contribution in [1.29, 1.82) is 0 Å². The number of benzene rings is 1. The molecule has 11 nitrogen and oxygen atoms in total. The molecule has 0 unspecified atom stereocenters. The van der Waals surface area contributed by atoms with E-state index in [0.717, 1.165) is 8.61 Å². The quantitative estimate of drug-likeness (QED) is 0.345. The van der Waals surface area contributed by atoms with Gasteiger partial charge in [-0.05, 0) is 30.0 Å². The fourth-order valence-corrected chi connectivity index (χ4v) is 5.04. The molecule has 0 amide bonds. The number of aromatic nitrogens is 5. The Kier molecular flexibility index (Phi) is 7.26. The third kappa shape index (κ3) is 5.38. The van der Waals surface area contributed by atoms with E-state index in [9.17, 15) is 12.8 Å². The highest BCUT2D eigenvalue weighted by Gasteiger charge is 2.31. The number of anilines is 3. The topological polar surface area (TPSA) is 149 Å². The van der Waals surface area contributed by atoms with Gasteiger partial charge in [0.2, 0.25) is 0 Å². The van der Waals surface area contributed by atoms with Crippen LogP contribution in [0.3, 0.4) is 0 Å². The molecule has 13 heteroatoms. The maximum atomic E-state index is 14.3. The molecule has 4 rings (SSSR count). The van der Waals surface area contributed by atoms with Crippen molar-refractivity contribution in [3.05, 3.63) is 54.0 Å². The Morgan fingerprint density at radius 3 is 2.29 bits per heavy atom. The van der Waals surface area contributed by atoms with E-state index in [1.165, 1.54) is 20.2 Å². The van der Waals surface area contributed by atoms with E-state index in [0.29, 0.717) is 28.7 Å². The molecule has 0 saturated carbocycles. The SMILES string of the molecule is CN(C)S(=O)(=O)N(CCC(C)(C)C)c1c(N)nc(-c2nn(Cc3ccccc3F)c3ncccc23)nc1N. The molecule has 0 atom stereocenters. The van der Waals surface area contributed by atoms with Crippen molar-refractivity contribution >= 4 is 38.6 Å². The molecule has 38 heavy (non-hydrogen) atoms. The number of fused-ring (bicyclic) bond motifs is 1. The Hall–Kier alpha value is -3.84. The summed E-state index contributed by atoms with van der Waals surface area (Å²) in [6.07, 6.45) is 2.15. The van der Waals surface area contributed by atoms with Gasteiger partial charge in [-0.25, -0.2) is 24.0 Å². The highest BCUT2D eigenvalue weighted by molar-refractivity contribution is 7.90. The molecule has 0 aliphatic carbocycles. The van der Waals surface area contributed by atoms with Gasteiger partial charge in [0, 0.05) is 32.4 Å². The van der Waals surface area contributed by atoms with Crippen molar-refractivity contribution in [3.63, 3.8) is 0 Å². The van der Waals surface area contributed by atoms with Crippen LogP contribution in [-0.4, -0.2) is 58.1 Å². The number of nitrogens with two attached hydrogens (primary N) is 2. The maximum absolute atomic E-state index is 14.3. The summed E-state index contributed by atoms with van der Waals surface area (Å²) in [4.78, 5) is 13.2. The molecular formula is C25H32FN9O2S. The molecule has 0 saturated heterocycles. The highest BCUT2D eigenvalue weighted by atomic mass is 32.2. The second-order valence-corrected chi connectivity index (χ2v) is 12.4. The van der Waals surface area contributed by atoms with Crippen LogP contribution >= 0.6 is 0 Å². The van der Waals surface area contributed by atoms with Gasteiger partial charge >= 0.3 is 10.2 Å². The summed E-state index contributed by atoms with van der Waals surface area (Å²) in [5.41, 5.74) is 13.8. The Labute approximate surface area is 221 Å². The second-order valence-electron chi connectivity index (χ2n) is 10.3. The molecule has 202 valence electrons. The largest absolute Gasteiger partial charge is 0.382 e. The lowest BCUT2D eigenvalue weighted by atomic mass is 9.92. The van der Waals surface area contributed by atoms with Crippen LogP contribution < -0.4 is 15.8 Å². The number of nitrogens with zero attached hydrogens (tertiary/aromatic N) is 7. The van der Waals surface area contributed by atoms with Gasteiger partial charge in [-0.3, -0.25) is 4.31 Å². The van der Waals surface area contributed by atoms with Crippen LogP contribution in [0.1, 0.15) is 32.8 Å². The first-order valence-corrected chi connectivity index (χ1v) is 13.4. The third-order valence-corrected chi connectivity index (χ3v) is 7.83. The molecule has 0 fully saturated rings. The van der Waals surface area contributed by atoms with Gasteiger partial charge < -0.3 is 11.5 Å². The summed E-state index contributed by atoms with van der Waals surface area (Å²) in [7, 11) is -1.08. The lowest BCUT2D eigenvalue weighted by Gasteiger charge is -2.31. The van der Waals surface area contributed by atoms with Gasteiger partial charge in [0.05, 0.1) is 11.9 Å². The van der Waals surface area contributed by atoms with Crippen molar-refractivity contribution < 1.29 is 12.8 Å². The summed E-state index contributed by atoms with van der Waals surface area (Å²) in [5.74, 6) is -0.465. The molecule has 1 aromatic carbocycles. The first-order valence-electron chi connectivity index (χ1n) is 12.0. The minimum Gasteiger partial charge on any atom is -0.382 e. The minimum atomic E-state index is -3.94. The Balaban J connectivity index is 1.82. The zero-order valence-corrected chi connectivity index (χ0v) is 22.9. The number of pyridine rings is 1. The molecule has 0 spiro atoms. The lowest BCUT2D eigenvalue weighted by molar-refractivity contribution is 0.383. The highest BCUT2D eigenvalue weighted by Crippen LogP contribution is 2.35. The van der Waals surface area contributed by atoms with Crippen LogP contribution in [0.25, 0.3) is 22.6 Å². The number of nitrogen functional groups attached to an aromatic ring is 2. The molecule has 0 radical (unpaired) electrons. The summed E-state index contributed by atoms with van der Waals surface area (Å²) in [6, 6.07) is 9.94. The van der Waals surface area contributed by atoms with Crippen LogP contribution in [0.4, 0.5) is 21.7 Å². The van der Waals surface area contributed by atoms with Crippen LogP contribution in [0.5, 0.6) is 0 Å². The van der Waals surface area contributed by atoms with Crippen molar-refractivity contribution in [2.45, 2.75) is 33.7 Å². The lowest BCUT2D eigenvalue weighted by Crippen LogP contribution is -2.42. The zero-order chi connectivity index (χ0) is 27.8. The summed E-state index contributed by atoms with van der Waals surface area (Å²) >= 11 is 0. The summed E-state index contributed by atoms with van der Waals surface area (Å²) < 4.78 is 44.6. The van der Waals surface area contributed by atoms with E-state index in [-0.39, 0.29) is 47.5 Å². The van der Waals surface area contributed by atoms with E-state index in [1.807, 2.05) is 20.8 Å². The van der Waals surface area contributed by atoms with E-state index in [2.05, 4.69) is 20.1 Å². The van der Waals surface area contributed by atoms with Crippen molar-refractivity contribution in [3.8, 4) is 11.5 Å². The maximum Gasteiger partial charge on any atom is 0.303 e. The van der Waals surface area contributed by atoms with E-state index < -0.39 is 10.2 Å². The first-order chi connectivity index (χ1) is 17.8. The normalized spacial score (nSPS) is 12.4. The predicted molar refractivity (Wildman–Crippen MR) is 147 cm³/mol. The molecule has 3 aromatic heterocycles. The van der Waals surface area contributed by atoms with Crippen molar-refractivity contribution in [2.24, 2.45) is 5.41 Å². The predicted octanol–water partition coefficient (Wildman–Crippen LogP) is 3.29. The Morgan fingerprint density at radius 1 is 1.03 bits per heavy atom. The monoisotopic (exact) mass is 541 g/mol. The minimum absolute atomic E-state index is 0.0138. The molecular weight excluding hydrogens is 509 g/mol. The van der Waals surface area contributed by atoms with Crippen LogP contribution in [0, 0.1) is 11.2 Å². The Morgan fingerprint density at radius 2 is 1.68 bits per heavy atom. The van der Waals surface area contributed by atoms with Crippen LogP contribution in [0.2, 0.25) is 0 Å². The third-order valence-electron chi connectivity index (χ3n) is 5.99. The van der Waals surface area contributed by atoms with E-state index in [1.54, 1.807) is 41.2 Å². The van der Waals surface area contributed by atoms with Crippen LogP contribution in [0.15, 0.2) is 42.6 Å². The van der Waals surface area contributed by atoms with Gasteiger partial charge in [0.1, 0.15) is 17.2 Å². The van der Waals surface area contributed by atoms with Crippen molar-refractivity contribution in [1.82, 2.24) is 29.0 Å². The molecule has 4 aromatic rings. The second kappa shape index (κ2) is 10.1. The van der Waals surface area contributed by atoms with Gasteiger partial charge in [-0.2, -0.15) is 17.8 Å². The van der Waals surface area contributed by atoms with Gasteiger partial charge in [0.25, 0.3) is 0 Å². The molecule has 4 N–H and O–H groups in total. The molecule has 0 bridgehead atoms. The molecule has 3 heterocycles. The average Bonchev–Trinajstić information content (AvgIpc) is 3.19. The number of rotatable bonds is 8. The molecule has 0 aliphatic heterocycles. The fraction of sp³-hybridized carbons (Fsp3) is 0.360. The summed E-state index contributed by atoms with van der Waals surface area (Å²) in [5, 5.41) is 5.22. The van der Waals surface area contributed by atoms with Crippen molar-refractivity contribution in [2.75, 3.05) is 36.4 Å².